The molecule has 0 aromatic heterocycles. The SMILES string of the molecule is [AlH3].[Nb].[Nb].[Ti].[Ti]. The van der Waals surface area contributed by atoms with E-state index in [4.69, 9.17) is 0 Å². The van der Waals surface area contributed by atoms with Crippen molar-refractivity contribution in [3.05, 3.63) is 0 Å². The molecule has 0 aliphatic carbocycles. The van der Waals surface area contributed by atoms with E-state index >= 15 is 0 Å². The number of hydrogen-bond donors (Lipinski definition) is 0. The summed E-state index contributed by atoms with van der Waals surface area (Å²) in [6, 6.07) is 0. The van der Waals surface area contributed by atoms with Crippen molar-refractivity contribution in [3.63, 3.8) is 0 Å². The molecule has 0 N–H and O–H groups in total. The third kappa shape index (κ3) is 18.6. The molecule has 24 valence electrons. The van der Waals surface area contributed by atoms with Crippen LogP contribution in [0.3, 0.4) is 0 Å². The Morgan fingerprint density at radius 2 is 0.600 bits per heavy atom. The molecule has 0 unspecified atom stereocenters. The van der Waals surface area contributed by atoms with E-state index in [0.29, 0.717) is 0 Å². The maximum Gasteiger partial charge on any atom is 0.187 e. The molecule has 0 spiro atoms. The van der Waals surface area contributed by atoms with Gasteiger partial charge in [0.25, 0.3) is 0 Å². The molecule has 0 rings (SSSR count). The molecule has 0 nitrogen and oxygen atoms in total. The molecule has 0 fully saturated rings. The van der Waals surface area contributed by atoms with Crippen LogP contribution in [0.4, 0.5) is 0 Å². The predicted octanol–water partition coefficient (Wildman–Crippen LogP) is -1.19. The summed E-state index contributed by atoms with van der Waals surface area (Å²) in [4.78, 5) is 0. The van der Waals surface area contributed by atoms with Crippen LogP contribution in [0.1, 0.15) is 0 Å². The third-order valence-corrected chi connectivity index (χ3v) is 0. The van der Waals surface area contributed by atoms with Gasteiger partial charge in [-0.3, -0.25) is 0 Å². The molecule has 0 heterocycles. The maximum absolute atomic E-state index is 0. The van der Waals surface area contributed by atoms with Gasteiger partial charge in [-0.15, -0.1) is 0 Å². The van der Waals surface area contributed by atoms with Crippen molar-refractivity contribution in [2.75, 3.05) is 0 Å². The summed E-state index contributed by atoms with van der Waals surface area (Å²) < 4.78 is 0. The molecule has 0 saturated carbocycles. The molecule has 0 amide bonds. The molecule has 0 atom stereocenters. The Bertz CT molecular complexity index is 7.61. The first-order chi connectivity index (χ1) is 0. The van der Waals surface area contributed by atoms with Gasteiger partial charge >= 0.3 is 0 Å². The molecular formula is H3AlNb2Ti2. The van der Waals surface area contributed by atoms with Crippen LogP contribution in [-0.2, 0) is 88.2 Å². The Morgan fingerprint density at radius 3 is 0.600 bits per heavy atom. The van der Waals surface area contributed by atoms with Crippen LogP contribution in [0.15, 0.2) is 0 Å². The fourth-order valence-corrected chi connectivity index (χ4v) is 0. The molecule has 5 heteroatoms. The van der Waals surface area contributed by atoms with E-state index in [0.717, 1.165) is 0 Å². The molecule has 0 aromatic carbocycles. The van der Waals surface area contributed by atoms with Crippen LogP contribution in [0, 0.1) is 0 Å². The minimum Gasteiger partial charge on any atom is 0 e. The van der Waals surface area contributed by atoms with Gasteiger partial charge in [-0.1, -0.05) is 0 Å². The van der Waals surface area contributed by atoms with Crippen LogP contribution < -0.4 is 0 Å². The van der Waals surface area contributed by atoms with Crippen molar-refractivity contribution in [3.8, 4) is 0 Å². The van der Waals surface area contributed by atoms with Gasteiger partial charge in [-0.2, -0.15) is 0 Å². The minimum absolute atomic E-state index is 0. The second-order valence-corrected chi connectivity index (χ2v) is 0. The minimum atomic E-state index is 0. The summed E-state index contributed by atoms with van der Waals surface area (Å²) in [6.45, 7) is 0. The Balaban J connectivity index is 0. The largest absolute Gasteiger partial charge is 0.187 e. The smallest absolute Gasteiger partial charge is 0 e. The van der Waals surface area contributed by atoms with Crippen molar-refractivity contribution in [1.82, 2.24) is 0 Å². The fraction of sp³-hybridized carbons (Fsp3) is 0. The van der Waals surface area contributed by atoms with Crippen molar-refractivity contribution < 1.29 is 88.2 Å². The van der Waals surface area contributed by atoms with Gasteiger partial charge in [0.2, 0.25) is 0 Å². The van der Waals surface area contributed by atoms with E-state index in [-0.39, 0.29) is 106 Å². The van der Waals surface area contributed by atoms with Crippen molar-refractivity contribution >= 4 is 17.4 Å². The second-order valence-electron chi connectivity index (χ2n) is 0. The Morgan fingerprint density at radius 1 is 0.600 bits per heavy atom. The second kappa shape index (κ2) is 26.1. The first-order valence-corrected chi connectivity index (χ1v) is 0. The average Bonchev–Trinajstić information content (AvgIpc) is 0. The van der Waals surface area contributed by atoms with Crippen LogP contribution >= 0.6 is 0 Å². The monoisotopic (exact) mass is 312 g/mol. The number of rotatable bonds is 0. The summed E-state index contributed by atoms with van der Waals surface area (Å²) in [5.41, 5.74) is 0. The normalized spacial score (nSPS) is 0. The zero-order chi connectivity index (χ0) is 0. The van der Waals surface area contributed by atoms with E-state index in [9.17, 15) is 0 Å². The topological polar surface area (TPSA) is 0 Å². The quantitative estimate of drug-likeness (QED) is 0.494. The Labute approximate surface area is 104 Å². The third-order valence-electron chi connectivity index (χ3n) is 0. The van der Waals surface area contributed by atoms with Gasteiger partial charge in [0, 0.05) is 88.2 Å². The van der Waals surface area contributed by atoms with Crippen LogP contribution in [0.5, 0.6) is 0 Å². The summed E-state index contributed by atoms with van der Waals surface area (Å²) in [5.74, 6) is 0. The predicted molar refractivity (Wildman–Crippen MR) is 9.94 cm³/mol. The molecule has 2 radical (unpaired) electrons. The van der Waals surface area contributed by atoms with Crippen molar-refractivity contribution in [2.45, 2.75) is 0 Å². The Hall–Kier alpha value is 3.44. The molecule has 0 aliphatic rings. The fourth-order valence-electron chi connectivity index (χ4n) is 0. The first kappa shape index (κ1) is 39.5. The van der Waals surface area contributed by atoms with E-state index in [1.165, 1.54) is 0 Å². The van der Waals surface area contributed by atoms with Crippen LogP contribution in [0.25, 0.3) is 0 Å². The Kier molecular flexibility index (Phi) is 206. The molecule has 0 bridgehead atoms. The van der Waals surface area contributed by atoms with Gasteiger partial charge in [0.05, 0.1) is 0 Å². The molecular weight excluding hydrogens is 309 g/mol. The van der Waals surface area contributed by atoms with Gasteiger partial charge in [-0.25, -0.2) is 0 Å². The molecule has 0 aromatic rings. The number of hydrogen-bond acceptors (Lipinski definition) is 0. The molecule has 0 aliphatic heterocycles. The van der Waals surface area contributed by atoms with Gasteiger partial charge < -0.3 is 0 Å². The van der Waals surface area contributed by atoms with Gasteiger partial charge in [0.15, 0.2) is 17.4 Å². The van der Waals surface area contributed by atoms with E-state index in [1.54, 1.807) is 0 Å². The first-order valence-electron chi connectivity index (χ1n) is 0. The van der Waals surface area contributed by atoms with Gasteiger partial charge in [0.1, 0.15) is 0 Å². The van der Waals surface area contributed by atoms with Crippen molar-refractivity contribution in [2.24, 2.45) is 0 Å². The standard InChI is InChI=1S/Al.2Nb.2Ti.3H. The van der Waals surface area contributed by atoms with Crippen LogP contribution in [0.2, 0.25) is 0 Å². The zero-order valence-corrected chi connectivity index (χ0v) is 9.41. The summed E-state index contributed by atoms with van der Waals surface area (Å²) in [5, 5.41) is 0. The maximum atomic E-state index is 0. The summed E-state index contributed by atoms with van der Waals surface area (Å²) >= 11 is 0. The van der Waals surface area contributed by atoms with E-state index in [1.807, 2.05) is 0 Å². The average molecular weight is 312 g/mol. The van der Waals surface area contributed by atoms with Crippen LogP contribution in [-0.4, -0.2) is 17.4 Å². The summed E-state index contributed by atoms with van der Waals surface area (Å²) in [6.07, 6.45) is 0. The molecule has 5 heavy (non-hydrogen) atoms. The van der Waals surface area contributed by atoms with E-state index < -0.39 is 0 Å². The van der Waals surface area contributed by atoms with Crippen molar-refractivity contribution in [1.29, 1.82) is 0 Å². The van der Waals surface area contributed by atoms with E-state index in [2.05, 4.69) is 0 Å². The molecule has 0 saturated heterocycles. The summed E-state index contributed by atoms with van der Waals surface area (Å²) in [7, 11) is 0. The van der Waals surface area contributed by atoms with Gasteiger partial charge in [-0.05, 0) is 0 Å². The zero-order valence-electron chi connectivity index (χ0n) is 1.89.